The molecule has 0 aliphatic heterocycles. The van der Waals surface area contributed by atoms with Crippen LogP contribution in [0.15, 0.2) is 41.4 Å². The highest BCUT2D eigenvalue weighted by atomic mass is 35.5. The van der Waals surface area contributed by atoms with Crippen molar-refractivity contribution in [3.05, 3.63) is 47.7 Å². The lowest BCUT2D eigenvalue weighted by Crippen LogP contribution is -2.42. The smallest absolute Gasteiger partial charge is 0.368 e. The van der Waals surface area contributed by atoms with Gasteiger partial charge in [0.25, 0.3) is 0 Å². The Kier molecular flexibility index (Phi) is 7.17. The van der Waals surface area contributed by atoms with Gasteiger partial charge in [0.15, 0.2) is 5.76 Å². The van der Waals surface area contributed by atoms with Crippen molar-refractivity contribution < 1.29 is 32.0 Å². The third-order valence-electron chi connectivity index (χ3n) is 4.55. The molecule has 0 atom stereocenters. The molecule has 1 heterocycles. The maximum atomic E-state index is 12.0. The van der Waals surface area contributed by atoms with Crippen LogP contribution in [0.1, 0.15) is 25.0 Å². The highest BCUT2D eigenvalue weighted by molar-refractivity contribution is 6.30. The van der Waals surface area contributed by atoms with Crippen LogP contribution in [0.3, 0.4) is 0 Å². The Morgan fingerprint density at radius 3 is 2.63 bits per heavy atom. The van der Waals surface area contributed by atoms with E-state index in [9.17, 15) is 18.0 Å². The average molecular weight is 445 g/mol. The van der Waals surface area contributed by atoms with Crippen molar-refractivity contribution in [3.63, 3.8) is 0 Å². The molecule has 1 aliphatic carbocycles. The molecule has 6 nitrogen and oxygen atoms in total. The van der Waals surface area contributed by atoms with E-state index in [2.05, 4.69) is 21.8 Å². The molecule has 0 unspecified atom stereocenters. The highest BCUT2D eigenvalue weighted by Gasteiger charge is 2.40. The molecule has 1 N–H and O–H groups in total. The largest absolute Gasteiger partial charge is 0.522 e. The van der Waals surface area contributed by atoms with Gasteiger partial charge in [0.1, 0.15) is 12.3 Å². The topological polar surface area (TPSA) is 73.6 Å². The Morgan fingerprint density at radius 1 is 1.27 bits per heavy atom. The van der Waals surface area contributed by atoms with E-state index >= 15 is 0 Å². The average Bonchev–Trinajstić information content (AvgIpc) is 3.13. The number of alkyl halides is 3. The molecule has 162 valence electrons. The number of halogens is 4. The van der Waals surface area contributed by atoms with E-state index in [1.165, 1.54) is 0 Å². The van der Waals surface area contributed by atoms with Gasteiger partial charge < -0.3 is 14.6 Å². The van der Waals surface area contributed by atoms with E-state index in [0.29, 0.717) is 35.0 Å². The minimum Gasteiger partial charge on any atom is -0.368 e. The normalized spacial score (nSPS) is 18.7. The summed E-state index contributed by atoms with van der Waals surface area (Å²) >= 11 is 5.87. The Balaban J connectivity index is 1.33. The number of carbonyl (C=O) groups excluding carboxylic acids is 1. The number of carbonyl (C=O) groups is 1. The molecule has 0 bridgehead atoms. The molecular weight excluding hydrogens is 425 g/mol. The summed E-state index contributed by atoms with van der Waals surface area (Å²) in [6.45, 7) is 4.02. The van der Waals surface area contributed by atoms with Gasteiger partial charge in [0.05, 0.1) is 12.2 Å². The number of amides is 1. The van der Waals surface area contributed by atoms with E-state index in [-0.39, 0.29) is 25.4 Å². The first-order chi connectivity index (χ1) is 14.2. The first kappa shape index (κ1) is 22.3. The lowest BCUT2D eigenvalue weighted by atomic mass is 9.92. The van der Waals surface area contributed by atoms with Crippen LogP contribution in [0.25, 0.3) is 16.8 Å². The van der Waals surface area contributed by atoms with Crippen molar-refractivity contribution in [1.29, 1.82) is 0 Å². The number of hydrogen-bond donors (Lipinski definition) is 1. The predicted octanol–water partition coefficient (Wildman–Crippen LogP) is 4.60. The van der Waals surface area contributed by atoms with Crippen molar-refractivity contribution in [3.8, 4) is 11.3 Å². The van der Waals surface area contributed by atoms with Crippen LogP contribution in [-0.2, 0) is 14.3 Å². The quantitative estimate of drug-likeness (QED) is 0.612. The standard InChI is InChI=1S/C20H20ClF3N2O4/c1-12(18-10-17(26-30-18)13-2-4-14(21)5-3-13)6-7-25-19(27)11-28-15-8-16(9-15)29-20(22,23)24/h2-5,10,15-16H,1,6-9,11H2,(H,25,27). The summed E-state index contributed by atoms with van der Waals surface area (Å²) in [6.07, 6.45) is -5.28. The fraction of sp³-hybridized carbons (Fsp3) is 0.400. The second-order valence-electron chi connectivity index (χ2n) is 6.88. The second-order valence-corrected chi connectivity index (χ2v) is 7.31. The summed E-state index contributed by atoms with van der Waals surface area (Å²) in [5, 5.41) is 7.30. The minimum absolute atomic E-state index is 0.116. The Bertz CT molecular complexity index is 877. The van der Waals surface area contributed by atoms with E-state index in [1.54, 1.807) is 18.2 Å². The van der Waals surface area contributed by atoms with Crippen molar-refractivity contribution in [2.45, 2.75) is 37.8 Å². The number of nitrogens with one attached hydrogen (secondary N) is 1. The maximum Gasteiger partial charge on any atom is 0.522 e. The lowest BCUT2D eigenvalue weighted by molar-refractivity contribution is -0.357. The van der Waals surface area contributed by atoms with E-state index in [1.807, 2.05) is 12.1 Å². The monoisotopic (exact) mass is 444 g/mol. The van der Waals surface area contributed by atoms with Crippen molar-refractivity contribution >= 4 is 23.1 Å². The fourth-order valence-electron chi connectivity index (χ4n) is 2.86. The summed E-state index contributed by atoms with van der Waals surface area (Å²) < 4.78 is 50.6. The third-order valence-corrected chi connectivity index (χ3v) is 4.80. The molecule has 0 saturated heterocycles. The molecule has 1 aliphatic rings. The van der Waals surface area contributed by atoms with Crippen LogP contribution < -0.4 is 5.32 Å². The van der Waals surface area contributed by atoms with Gasteiger partial charge in [0, 0.05) is 36.0 Å². The van der Waals surface area contributed by atoms with E-state index in [0.717, 1.165) is 5.56 Å². The number of aromatic nitrogens is 1. The predicted molar refractivity (Wildman–Crippen MR) is 104 cm³/mol. The number of ether oxygens (including phenoxy) is 2. The Hall–Kier alpha value is -2.36. The zero-order chi connectivity index (χ0) is 21.7. The summed E-state index contributed by atoms with van der Waals surface area (Å²) in [7, 11) is 0. The van der Waals surface area contributed by atoms with Crippen LogP contribution in [0.2, 0.25) is 5.02 Å². The molecule has 1 saturated carbocycles. The zero-order valence-electron chi connectivity index (χ0n) is 15.9. The van der Waals surface area contributed by atoms with E-state index in [4.69, 9.17) is 20.9 Å². The van der Waals surface area contributed by atoms with Crippen LogP contribution >= 0.6 is 11.6 Å². The molecule has 2 aromatic rings. The van der Waals surface area contributed by atoms with Crippen LogP contribution in [0.5, 0.6) is 0 Å². The first-order valence-electron chi connectivity index (χ1n) is 9.23. The SMILES string of the molecule is C=C(CCNC(=O)COC1CC(OC(F)(F)F)C1)c1cc(-c2ccc(Cl)cc2)no1. The minimum atomic E-state index is -4.64. The Labute approximate surface area is 176 Å². The molecule has 1 aromatic heterocycles. The molecule has 1 aromatic carbocycles. The van der Waals surface area contributed by atoms with Crippen molar-refractivity contribution in [2.24, 2.45) is 0 Å². The fourth-order valence-corrected chi connectivity index (χ4v) is 2.98. The number of hydrogen-bond acceptors (Lipinski definition) is 5. The lowest BCUT2D eigenvalue weighted by Gasteiger charge is -2.34. The first-order valence-corrected chi connectivity index (χ1v) is 9.61. The van der Waals surface area contributed by atoms with Gasteiger partial charge in [-0.15, -0.1) is 13.2 Å². The summed E-state index contributed by atoms with van der Waals surface area (Å²) in [4.78, 5) is 11.8. The molecule has 10 heteroatoms. The highest BCUT2D eigenvalue weighted by Crippen LogP contribution is 2.32. The van der Waals surface area contributed by atoms with Gasteiger partial charge in [-0.25, -0.2) is 0 Å². The maximum absolute atomic E-state index is 12.0. The second kappa shape index (κ2) is 9.63. The molecule has 1 fully saturated rings. The van der Waals surface area contributed by atoms with Crippen molar-refractivity contribution in [2.75, 3.05) is 13.2 Å². The number of nitrogens with zero attached hydrogens (tertiary/aromatic N) is 1. The van der Waals surface area contributed by atoms with Gasteiger partial charge >= 0.3 is 6.36 Å². The number of rotatable bonds is 9. The third kappa shape index (κ3) is 6.58. The van der Waals surface area contributed by atoms with Gasteiger partial charge in [-0.1, -0.05) is 35.5 Å². The van der Waals surface area contributed by atoms with E-state index < -0.39 is 18.6 Å². The number of benzene rings is 1. The van der Waals surface area contributed by atoms with Gasteiger partial charge in [-0.3, -0.25) is 9.53 Å². The molecule has 3 rings (SSSR count). The molecule has 30 heavy (non-hydrogen) atoms. The van der Waals surface area contributed by atoms with Gasteiger partial charge in [-0.2, -0.15) is 0 Å². The molecule has 1 amide bonds. The zero-order valence-corrected chi connectivity index (χ0v) is 16.6. The van der Waals surface area contributed by atoms with Gasteiger partial charge in [0.2, 0.25) is 5.91 Å². The summed E-state index contributed by atoms with van der Waals surface area (Å²) in [6, 6.07) is 8.92. The van der Waals surface area contributed by atoms with Crippen LogP contribution in [0, 0.1) is 0 Å². The molecule has 0 spiro atoms. The summed E-state index contributed by atoms with van der Waals surface area (Å²) in [5.41, 5.74) is 2.16. The van der Waals surface area contributed by atoms with Crippen LogP contribution in [-0.4, -0.2) is 42.8 Å². The van der Waals surface area contributed by atoms with Crippen LogP contribution in [0.4, 0.5) is 13.2 Å². The van der Waals surface area contributed by atoms with Crippen molar-refractivity contribution in [1.82, 2.24) is 10.5 Å². The Morgan fingerprint density at radius 2 is 1.97 bits per heavy atom. The molecular formula is C20H20ClF3N2O4. The molecule has 0 radical (unpaired) electrons. The van der Waals surface area contributed by atoms with Gasteiger partial charge in [-0.05, 0) is 24.1 Å². The summed E-state index contributed by atoms with van der Waals surface area (Å²) in [5.74, 6) is 0.151.